The van der Waals surface area contributed by atoms with Crippen LogP contribution in [0.4, 0.5) is 11.4 Å². The SMILES string of the molecule is CC(C)[C@@H](C)CC[C@@H](C)[C@@H]1CC[C@@H]2[C@@H]3CC[C@H]4C[C@H](OC(=O)c5cc([N+](=O)[O-])cc([N+](=O)[O-])c5)CC[C@@]4(C)[C@@H]3CC[C@]21C. The van der Waals surface area contributed by atoms with Crippen molar-refractivity contribution in [2.24, 2.45) is 58.2 Å². The molecule has 1 aromatic carbocycles. The van der Waals surface area contributed by atoms with Gasteiger partial charge in [0.1, 0.15) is 6.10 Å². The highest BCUT2D eigenvalue weighted by atomic mass is 16.6. The molecule has 10 atom stereocenters. The number of nitro groups is 2. The number of non-ortho nitro benzene ring substituents is 2. The summed E-state index contributed by atoms with van der Waals surface area (Å²) >= 11 is 0. The summed E-state index contributed by atoms with van der Waals surface area (Å²) in [5.74, 6) is 5.27. The van der Waals surface area contributed by atoms with Gasteiger partial charge >= 0.3 is 5.97 Å². The Labute approximate surface area is 257 Å². The summed E-state index contributed by atoms with van der Waals surface area (Å²) in [4.78, 5) is 34.2. The van der Waals surface area contributed by atoms with Crippen molar-refractivity contribution in [3.05, 3.63) is 44.0 Å². The molecule has 4 fully saturated rings. The van der Waals surface area contributed by atoms with Crippen molar-refractivity contribution in [2.75, 3.05) is 0 Å². The molecule has 238 valence electrons. The minimum absolute atomic E-state index is 0.131. The Balaban J connectivity index is 1.23. The van der Waals surface area contributed by atoms with E-state index < -0.39 is 27.2 Å². The van der Waals surface area contributed by atoms with Crippen molar-refractivity contribution in [1.82, 2.24) is 0 Å². The van der Waals surface area contributed by atoms with E-state index in [0.717, 1.165) is 85.3 Å². The van der Waals surface area contributed by atoms with Crippen molar-refractivity contribution in [1.29, 1.82) is 0 Å². The Hall–Kier alpha value is -2.51. The second-order valence-corrected chi connectivity index (χ2v) is 15.7. The lowest BCUT2D eigenvalue weighted by atomic mass is 9.44. The molecule has 0 heterocycles. The lowest BCUT2D eigenvalue weighted by Gasteiger charge is -2.61. The Morgan fingerprint density at radius 3 is 2.12 bits per heavy atom. The van der Waals surface area contributed by atoms with Crippen molar-refractivity contribution >= 4 is 17.3 Å². The molecule has 0 aromatic heterocycles. The van der Waals surface area contributed by atoms with Crippen LogP contribution in [0.5, 0.6) is 0 Å². The highest BCUT2D eigenvalue weighted by Crippen LogP contribution is 2.68. The van der Waals surface area contributed by atoms with E-state index in [2.05, 4.69) is 41.5 Å². The molecule has 0 bridgehead atoms. The fourth-order valence-electron chi connectivity index (χ4n) is 10.5. The average molecular weight is 597 g/mol. The van der Waals surface area contributed by atoms with E-state index in [0.29, 0.717) is 11.3 Å². The molecule has 1 aromatic rings. The molecular formula is C35H52N2O6. The smallest absolute Gasteiger partial charge is 0.338 e. The number of benzene rings is 1. The molecule has 0 radical (unpaired) electrons. The highest BCUT2D eigenvalue weighted by Gasteiger charge is 2.60. The van der Waals surface area contributed by atoms with Crippen LogP contribution in [0.25, 0.3) is 0 Å². The fraction of sp³-hybridized carbons (Fsp3) is 0.800. The normalized spacial score (nSPS) is 36.6. The molecule has 0 spiro atoms. The van der Waals surface area contributed by atoms with Gasteiger partial charge < -0.3 is 4.74 Å². The van der Waals surface area contributed by atoms with E-state index in [1.807, 2.05) is 0 Å². The first-order valence-electron chi connectivity index (χ1n) is 16.9. The molecule has 0 N–H and O–H groups in total. The lowest BCUT2D eigenvalue weighted by molar-refractivity contribution is -0.394. The fourth-order valence-corrected chi connectivity index (χ4v) is 10.5. The Morgan fingerprint density at radius 2 is 1.49 bits per heavy atom. The van der Waals surface area contributed by atoms with Crippen LogP contribution in [0.15, 0.2) is 18.2 Å². The number of carbonyl (C=O) groups excluding carboxylic acids is 1. The van der Waals surface area contributed by atoms with Crippen molar-refractivity contribution in [3.8, 4) is 0 Å². The van der Waals surface area contributed by atoms with Gasteiger partial charge in [-0.05, 0) is 116 Å². The maximum absolute atomic E-state index is 13.0. The van der Waals surface area contributed by atoms with E-state index >= 15 is 0 Å². The summed E-state index contributed by atoms with van der Waals surface area (Å²) in [6.45, 7) is 14.8. The predicted octanol–water partition coefficient (Wildman–Crippen LogP) is 9.40. The van der Waals surface area contributed by atoms with Gasteiger partial charge in [0.25, 0.3) is 11.4 Å². The number of ether oxygens (including phenoxy) is 1. The third-order valence-electron chi connectivity index (χ3n) is 13.4. The average Bonchev–Trinajstić information content (AvgIpc) is 3.32. The van der Waals surface area contributed by atoms with Crippen molar-refractivity contribution < 1.29 is 19.4 Å². The van der Waals surface area contributed by atoms with Crippen LogP contribution in [0.3, 0.4) is 0 Å². The van der Waals surface area contributed by atoms with Gasteiger partial charge in [0, 0.05) is 12.1 Å². The number of nitro benzene ring substituents is 2. The summed E-state index contributed by atoms with van der Waals surface area (Å²) in [7, 11) is 0. The zero-order valence-electron chi connectivity index (χ0n) is 27.1. The first-order chi connectivity index (χ1) is 20.2. The van der Waals surface area contributed by atoms with Gasteiger partial charge in [-0.3, -0.25) is 20.2 Å². The topological polar surface area (TPSA) is 113 Å². The van der Waals surface area contributed by atoms with E-state index in [1.165, 1.54) is 44.9 Å². The lowest BCUT2D eigenvalue weighted by Crippen LogP contribution is -2.54. The molecule has 4 aliphatic rings. The molecule has 0 unspecified atom stereocenters. The van der Waals surface area contributed by atoms with Crippen LogP contribution in [0.1, 0.15) is 123 Å². The maximum atomic E-state index is 13.0. The largest absolute Gasteiger partial charge is 0.459 e. The first kappa shape index (κ1) is 31.9. The molecule has 0 aliphatic heterocycles. The molecule has 8 heteroatoms. The Kier molecular flexibility index (Phi) is 8.99. The zero-order valence-corrected chi connectivity index (χ0v) is 27.1. The quantitative estimate of drug-likeness (QED) is 0.159. The minimum Gasteiger partial charge on any atom is -0.459 e. The second kappa shape index (κ2) is 12.1. The van der Waals surface area contributed by atoms with Gasteiger partial charge in [-0.25, -0.2) is 4.79 Å². The van der Waals surface area contributed by atoms with Gasteiger partial charge in [0.15, 0.2) is 0 Å². The molecule has 4 saturated carbocycles. The minimum atomic E-state index is -0.718. The van der Waals surface area contributed by atoms with Crippen LogP contribution in [0.2, 0.25) is 0 Å². The zero-order chi connectivity index (χ0) is 31.3. The van der Waals surface area contributed by atoms with Crippen molar-refractivity contribution in [3.63, 3.8) is 0 Å². The van der Waals surface area contributed by atoms with Crippen LogP contribution in [0, 0.1) is 78.4 Å². The number of nitrogens with zero attached hydrogens (tertiary/aromatic N) is 2. The molecule has 5 rings (SSSR count). The summed E-state index contributed by atoms with van der Waals surface area (Å²) in [5, 5.41) is 22.6. The van der Waals surface area contributed by atoms with E-state index in [1.54, 1.807) is 0 Å². The third-order valence-corrected chi connectivity index (χ3v) is 13.4. The number of hydrogen-bond donors (Lipinski definition) is 0. The van der Waals surface area contributed by atoms with Crippen LogP contribution in [-0.2, 0) is 4.74 Å². The molecule has 43 heavy (non-hydrogen) atoms. The molecule has 0 saturated heterocycles. The third kappa shape index (κ3) is 5.96. The standard InChI is InChI=1S/C35H52N2O6/c1-21(2)22(3)7-8-23(4)30-11-12-31-29-10-9-25-19-28(13-15-34(25,5)32(29)14-16-35(30,31)6)43-33(38)24-17-26(36(39)40)20-27(18-24)37(41)42/h17-18,20-23,25,28-32H,7-16,19H2,1-6H3/t22-,23+,25-,28+,29-,30-,31+,32+,34+,35-/m0/s1. The number of rotatable bonds is 9. The van der Waals surface area contributed by atoms with Crippen LogP contribution >= 0.6 is 0 Å². The predicted molar refractivity (Wildman–Crippen MR) is 167 cm³/mol. The maximum Gasteiger partial charge on any atom is 0.338 e. The number of carbonyl (C=O) groups is 1. The monoisotopic (exact) mass is 596 g/mol. The van der Waals surface area contributed by atoms with E-state index in [-0.39, 0.29) is 17.1 Å². The van der Waals surface area contributed by atoms with Crippen LogP contribution in [-0.4, -0.2) is 21.9 Å². The Morgan fingerprint density at radius 1 is 0.860 bits per heavy atom. The molecule has 4 aliphatic carbocycles. The summed E-state index contributed by atoms with van der Waals surface area (Å²) in [6, 6.07) is 3.03. The summed E-state index contributed by atoms with van der Waals surface area (Å²) < 4.78 is 5.87. The van der Waals surface area contributed by atoms with Crippen LogP contribution < -0.4 is 0 Å². The van der Waals surface area contributed by atoms with Gasteiger partial charge in [-0.15, -0.1) is 0 Å². The Bertz CT molecular complexity index is 1200. The van der Waals surface area contributed by atoms with E-state index in [4.69, 9.17) is 4.74 Å². The molecule has 0 amide bonds. The van der Waals surface area contributed by atoms with Gasteiger partial charge in [0.05, 0.1) is 21.5 Å². The molecule has 8 nitrogen and oxygen atoms in total. The van der Waals surface area contributed by atoms with Gasteiger partial charge in [-0.2, -0.15) is 0 Å². The van der Waals surface area contributed by atoms with Gasteiger partial charge in [-0.1, -0.05) is 54.4 Å². The summed E-state index contributed by atoms with van der Waals surface area (Å²) in [5.41, 5.74) is -0.387. The highest BCUT2D eigenvalue weighted by molar-refractivity contribution is 5.91. The summed E-state index contributed by atoms with van der Waals surface area (Å²) in [6.07, 6.45) is 12.8. The van der Waals surface area contributed by atoms with Gasteiger partial charge in [0.2, 0.25) is 0 Å². The number of fused-ring (bicyclic) bond motifs is 5. The van der Waals surface area contributed by atoms with E-state index in [9.17, 15) is 25.0 Å². The number of hydrogen-bond acceptors (Lipinski definition) is 6. The number of esters is 1. The first-order valence-corrected chi connectivity index (χ1v) is 16.9. The molecular weight excluding hydrogens is 544 g/mol. The second-order valence-electron chi connectivity index (χ2n) is 15.7. The van der Waals surface area contributed by atoms with Crippen molar-refractivity contribution in [2.45, 2.75) is 118 Å².